The number of hydrogen-bond donors (Lipinski definition) is 2. The minimum Gasteiger partial charge on any atom is -0.450 e. The summed E-state index contributed by atoms with van der Waals surface area (Å²) in [7, 11) is 0. The number of ether oxygens (including phenoxy) is 2. The number of carbonyl (C=O) groups is 4. The molecular weight excluding hydrogens is 616 g/mol. The van der Waals surface area contributed by atoms with Crippen molar-refractivity contribution in [3.8, 4) is 11.4 Å². The number of nitrogens with zero attached hydrogens (tertiary/aromatic N) is 5. The number of rotatable bonds is 11. The van der Waals surface area contributed by atoms with E-state index in [4.69, 9.17) is 19.6 Å². The van der Waals surface area contributed by atoms with Crippen molar-refractivity contribution in [3.05, 3.63) is 78.0 Å². The van der Waals surface area contributed by atoms with Crippen molar-refractivity contribution in [3.63, 3.8) is 0 Å². The molecule has 2 aromatic carbocycles. The number of benzene rings is 2. The van der Waals surface area contributed by atoms with Crippen LogP contribution >= 0.6 is 0 Å². The van der Waals surface area contributed by atoms with E-state index >= 15 is 0 Å². The van der Waals surface area contributed by atoms with E-state index in [-0.39, 0.29) is 42.1 Å². The zero-order chi connectivity index (χ0) is 33.6. The topological polar surface area (TPSA) is 154 Å². The Kier molecular flexibility index (Phi) is 10.0. The first kappa shape index (κ1) is 32.7. The van der Waals surface area contributed by atoms with Gasteiger partial charge in [-0.25, -0.2) is 19.6 Å². The van der Waals surface area contributed by atoms with Crippen LogP contribution in [0.15, 0.2) is 66.7 Å². The summed E-state index contributed by atoms with van der Waals surface area (Å²) in [6.07, 6.45) is 0.0212. The lowest BCUT2D eigenvalue weighted by molar-refractivity contribution is -0.134. The van der Waals surface area contributed by atoms with Crippen LogP contribution in [0.1, 0.15) is 35.8 Å². The second-order valence-corrected chi connectivity index (χ2v) is 12.4. The monoisotopic (exact) mass is 656 g/mol. The van der Waals surface area contributed by atoms with Gasteiger partial charge in [0.25, 0.3) is 5.91 Å². The Morgan fingerprint density at radius 1 is 0.917 bits per heavy atom. The van der Waals surface area contributed by atoms with Crippen LogP contribution in [-0.2, 0) is 20.7 Å². The zero-order valence-electron chi connectivity index (χ0n) is 26.9. The highest BCUT2D eigenvalue weighted by Crippen LogP contribution is 2.48. The fourth-order valence-corrected chi connectivity index (χ4v) is 6.39. The number of hydrogen-bond acceptors (Lipinski definition) is 9. The van der Waals surface area contributed by atoms with Crippen LogP contribution in [0.25, 0.3) is 11.4 Å². The van der Waals surface area contributed by atoms with Crippen molar-refractivity contribution in [1.29, 1.82) is 0 Å². The summed E-state index contributed by atoms with van der Waals surface area (Å²) >= 11 is 0. The largest absolute Gasteiger partial charge is 0.506 e. The highest BCUT2D eigenvalue weighted by molar-refractivity contribution is 5.97. The number of anilines is 1. The molecule has 13 heteroatoms. The van der Waals surface area contributed by atoms with E-state index in [9.17, 15) is 19.2 Å². The van der Waals surface area contributed by atoms with Crippen LogP contribution in [0.3, 0.4) is 0 Å². The third-order valence-electron chi connectivity index (χ3n) is 9.11. The first-order chi connectivity index (χ1) is 23.3. The number of piperazine rings is 1. The van der Waals surface area contributed by atoms with E-state index in [1.165, 1.54) is 0 Å². The first-order valence-corrected chi connectivity index (χ1v) is 16.4. The van der Waals surface area contributed by atoms with Crippen molar-refractivity contribution in [2.75, 3.05) is 50.8 Å². The van der Waals surface area contributed by atoms with Gasteiger partial charge in [0.1, 0.15) is 23.7 Å². The number of carbonyl (C=O) groups excluding carboxylic acids is 3. The molecule has 3 aromatic rings. The van der Waals surface area contributed by atoms with Gasteiger partial charge in [0, 0.05) is 69.2 Å². The zero-order valence-corrected chi connectivity index (χ0v) is 26.9. The summed E-state index contributed by atoms with van der Waals surface area (Å²) in [4.78, 5) is 66.1. The highest BCUT2D eigenvalue weighted by atomic mass is 16.7. The van der Waals surface area contributed by atoms with Gasteiger partial charge in [0.05, 0.1) is 6.61 Å². The lowest BCUT2D eigenvalue weighted by atomic mass is 10.0. The summed E-state index contributed by atoms with van der Waals surface area (Å²) in [5.41, 5.74) is 1.73. The minimum atomic E-state index is -1.28. The lowest BCUT2D eigenvalue weighted by Crippen LogP contribution is -2.56. The number of aromatic nitrogens is 2. The van der Waals surface area contributed by atoms with E-state index in [1.807, 2.05) is 72.5 Å². The number of unbranched alkanes of at least 4 members (excludes halogenated alkanes) is 1. The minimum absolute atomic E-state index is 0.0695. The van der Waals surface area contributed by atoms with E-state index in [0.717, 1.165) is 24.0 Å². The van der Waals surface area contributed by atoms with Gasteiger partial charge >= 0.3 is 12.2 Å². The molecular formula is C35H40N6O7. The van der Waals surface area contributed by atoms with E-state index < -0.39 is 18.1 Å². The van der Waals surface area contributed by atoms with E-state index in [0.29, 0.717) is 57.5 Å². The molecule has 13 nitrogen and oxygen atoms in total. The summed E-state index contributed by atoms with van der Waals surface area (Å²) < 4.78 is 10.3. The van der Waals surface area contributed by atoms with Crippen molar-refractivity contribution in [2.24, 2.45) is 11.8 Å². The first-order valence-electron chi connectivity index (χ1n) is 16.4. The van der Waals surface area contributed by atoms with Gasteiger partial charge in [-0.3, -0.25) is 9.59 Å². The quantitative estimate of drug-likeness (QED) is 0.231. The Hall–Kier alpha value is -5.20. The van der Waals surface area contributed by atoms with Gasteiger partial charge in [-0.15, -0.1) is 0 Å². The smallest absolute Gasteiger partial charge is 0.450 e. The van der Waals surface area contributed by atoms with Gasteiger partial charge in [0.15, 0.2) is 5.82 Å². The molecule has 6 rings (SSSR count). The molecule has 252 valence electrons. The van der Waals surface area contributed by atoms with Crippen molar-refractivity contribution in [1.82, 2.24) is 25.1 Å². The van der Waals surface area contributed by atoms with Crippen molar-refractivity contribution < 1.29 is 33.8 Å². The fraction of sp³-hybridized carbons (Fsp3) is 0.429. The Balaban J connectivity index is 1.19. The SMILES string of the molecule is CCCCOC(=O)N1CCN(C(=O)[C@H](Cc2ccccc2)NC(=O)c2cc(N3C[C@@H]4[C@H](C3)[C@H]4OC(=O)O)nc(-c3ccccc3)n2)CC1. The molecule has 1 aliphatic carbocycles. The molecule has 0 bridgehead atoms. The summed E-state index contributed by atoms with van der Waals surface area (Å²) in [6.45, 7) is 4.81. The third-order valence-corrected chi connectivity index (χ3v) is 9.11. The molecule has 3 fully saturated rings. The molecule has 0 unspecified atom stereocenters. The normalized spacial score (nSPS) is 20.4. The molecule has 0 radical (unpaired) electrons. The number of amides is 3. The molecule has 1 saturated carbocycles. The molecule has 0 spiro atoms. The standard InChI is InChI=1S/C35H40N6O7/c1-2-3-18-47-34(44)40-16-14-39(15-17-40)33(43)28(19-23-10-6-4-7-11-23)37-32(42)27-20-29(38-31(36-27)24-12-8-5-9-13-24)41-21-25-26(22-41)30(25)48-35(45)46/h4-13,20,25-26,28,30H,2-3,14-19,21-22H2,1H3,(H,37,42)(H,45,46)/t25-,26+,28-,30+/m0/s1. The molecule has 3 heterocycles. The maximum absolute atomic E-state index is 14.0. The van der Waals surface area contributed by atoms with Crippen molar-refractivity contribution >= 4 is 29.9 Å². The summed E-state index contributed by atoms with van der Waals surface area (Å²) in [6, 6.07) is 19.6. The van der Waals surface area contributed by atoms with Crippen LogP contribution in [0.2, 0.25) is 0 Å². The number of nitrogens with one attached hydrogen (secondary N) is 1. The van der Waals surface area contributed by atoms with E-state index in [1.54, 1.807) is 15.9 Å². The number of carboxylic acid groups (broad SMARTS) is 1. The lowest BCUT2D eigenvalue weighted by Gasteiger charge is -2.36. The number of fused-ring (bicyclic) bond motifs is 1. The Labute approximate surface area is 278 Å². The second-order valence-electron chi connectivity index (χ2n) is 12.4. The fourth-order valence-electron chi connectivity index (χ4n) is 6.39. The summed E-state index contributed by atoms with van der Waals surface area (Å²) in [5.74, 6) is 0.292. The summed E-state index contributed by atoms with van der Waals surface area (Å²) in [5, 5.41) is 12.0. The number of piperidine rings is 1. The Morgan fingerprint density at radius 2 is 1.56 bits per heavy atom. The second kappa shape index (κ2) is 14.7. The molecule has 3 amide bonds. The highest BCUT2D eigenvalue weighted by Gasteiger charge is 2.59. The average molecular weight is 657 g/mol. The molecule has 2 aliphatic heterocycles. The average Bonchev–Trinajstić information content (AvgIpc) is 3.52. The van der Waals surface area contributed by atoms with Crippen LogP contribution in [-0.4, -0.2) is 107 Å². The Bertz CT molecular complexity index is 1600. The third kappa shape index (κ3) is 7.67. The van der Waals surface area contributed by atoms with Gasteiger partial charge < -0.3 is 34.6 Å². The molecule has 2 saturated heterocycles. The van der Waals surface area contributed by atoms with Crippen LogP contribution in [0, 0.1) is 11.8 Å². The molecule has 1 aromatic heterocycles. The molecule has 2 N–H and O–H groups in total. The predicted octanol–water partition coefficient (Wildman–Crippen LogP) is 3.69. The maximum Gasteiger partial charge on any atom is 0.506 e. The van der Waals surface area contributed by atoms with Crippen LogP contribution < -0.4 is 10.2 Å². The molecule has 4 atom stereocenters. The molecule has 48 heavy (non-hydrogen) atoms. The van der Waals surface area contributed by atoms with Crippen molar-refractivity contribution in [2.45, 2.75) is 38.3 Å². The van der Waals surface area contributed by atoms with Crippen LogP contribution in [0.5, 0.6) is 0 Å². The van der Waals surface area contributed by atoms with E-state index in [2.05, 4.69) is 10.3 Å². The maximum atomic E-state index is 14.0. The van der Waals surface area contributed by atoms with Gasteiger partial charge in [0.2, 0.25) is 5.91 Å². The molecule has 3 aliphatic rings. The van der Waals surface area contributed by atoms with Gasteiger partial charge in [-0.2, -0.15) is 0 Å². The van der Waals surface area contributed by atoms with Crippen LogP contribution in [0.4, 0.5) is 15.4 Å². The predicted molar refractivity (Wildman–Crippen MR) is 175 cm³/mol. The Morgan fingerprint density at radius 3 is 2.21 bits per heavy atom. The van der Waals surface area contributed by atoms with Gasteiger partial charge in [-0.05, 0) is 12.0 Å². The van der Waals surface area contributed by atoms with Gasteiger partial charge in [-0.1, -0.05) is 74.0 Å².